The van der Waals surface area contributed by atoms with E-state index in [0.29, 0.717) is 0 Å². The van der Waals surface area contributed by atoms with Gasteiger partial charge >= 0.3 is 0 Å². The fourth-order valence-electron chi connectivity index (χ4n) is 2.19. The zero-order chi connectivity index (χ0) is 14.2. The Kier molecular flexibility index (Phi) is 3.97. The summed E-state index contributed by atoms with van der Waals surface area (Å²) in [6, 6.07) is 6.04. The summed E-state index contributed by atoms with van der Waals surface area (Å²) in [4.78, 5) is 2.22. The Morgan fingerprint density at radius 3 is 2.32 bits per heavy atom. The third kappa shape index (κ3) is 2.53. The zero-order valence-electron chi connectivity index (χ0n) is 12.1. The molecule has 1 N–H and O–H groups in total. The lowest BCUT2D eigenvalue weighted by Gasteiger charge is -2.17. The van der Waals surface area contributed by atoms with Crippen molar-refractivity contribution in [1.82, 2.24) is 0 Å². The van der Waals surface area contributed by atoms with Gasteiger partial charge in [-0.3, -0.25) is 0 Å². The molecule has 0 saturated heterocycles. The molecular weight excluding hydrogens is 256 g/mol. The molecule has 0 amide bonds. The van der Waals surface area contributed by atoms with E-state index < -0.39 is 6.10 Å². The number of hydrogen-bond acceptors (Lipinski definition) is 3. The van der Waals surface area contributed by atoms with Gasteiger partial charge in [-0.15, -0.1) is 11.3 Å². The van der Waals surface area contributed by atoms with Crippen LogP contribution in [0.5, 0.6) is 5.75 Å². The second-order valence-corrected chi connectivity index (χ2v) is 6.21. The summed E-state index contributed by atoms with van der Waals surface area (Å²) < 4.78 is 5.48. The van der Waals surface area contributed by atoms with Gasteiger partial charge in [-0.05, 0) is 50.5 Å². The van der Waals surface area contributed by atoms with E-state index in [9.17, 15) is 5.11 Å². The highest BCUT2D eigenvalue weighted by Gasteiger charge is 2.19. The van der Waals surface area contributed by atoms with Gasteiger partial charge in [-0.2, -0.15) is 0 Å². The first-order valence-electron chi connectivity index (χ1n) is 6.34. The normalized spacial score (nSPS) is 12.5. The maximum Gasteiger partial charge on any atom is 0.128 e. The molecule has 0 bridgehead atoms. The van der Waals surface area contributed by atoms with Crippen molar-refractivity contribution in [2.75, 3.05) is 7.11 Å². The van der Waals surface area contributed by atoms with Crippen LogP contribution in [0.25, 0.3) is 0 Å². The first-order valence-corrected chi connectivity index (χ1v) is 7.16. The van der Waals surface area contributed by atoms with E-state index in [1.807, 2.05) is 26.0 Å². The molecule has 0 radical (unpaired) electrons. The molecule has 0 fully saturated rings. The third-order valence-electron chi connectivity index (χ3n) is 3.66. The number of thiophene rings is 1. The SMILES string of the molecule is COc1c(C(O)c2cc(C)c(C)s2)ccc(C)c1C. The third-order valence-corrected chi connectivity index (χ3v) is 4.87. The lowest BCUT2D eigenvalue weighted by molar-refractivity contribution is 0.218. The maximum atomic E-state index is 10.6. The zero-order valence-corrected chi connectivity index (χ0v) is 12.9. The molecule has 0 aliphatic rings. The number of hydrogen-bond donors (Lipinski definition) is 1. The van der Waals surface area contributed by atoms with Gasteiger partial charge in [0, 0.05) is 15.3 Å². The summed E-state index contributed by atoms with van der Waals surface area (Å²) >= 11 is 1.64. The molecule has 0 spiro atoms. The van der Waals surface area contributed by atoms with Crippen molar-refractivity contribution >= 4 is 11.3 Å². The van der Waals surface area contributed by atoms with Crippen molar-refractivity contribution in [2.24, 2.45) is 0 Å². The molecule has 2 aromatic rings. The number of ether oxygens (including phenoxy) is 1. The van der Waals surface area contributed by atoms with Gasteiger partial charge in [0.2, 0.25) is 0 Å². The Morgan fingerprint density at radius 1 is 1.11 bits per heavy atom. The number of aliphatic hydroxyl groups is 1. The maximum absolute atomic E-state index is 10.6. The standard InChI is InChI=1S/C16H20O2S/c1-9-6-7-13(16(18-5)11(9)3)15(17)14-8-10(2)12(4)19-14/h6-8,15,17H,1-5H3. The molecule has 2 nitrogen and oxygen atoms in total. The number of benzene rings is 1. The van der Waals surface area contributed by atoms with Gasteiger partial charge in [0.05, 0.1) is 7.11 Å². The van der Waals surface area contributed by atoms with Crippen LogP contribution in [-0.2, 0) is 0 Å². The molecule has 1 aromatic heterocycles. The number of methoxy groups -OCH3 is 1. The van der Waals surface area contributed by atoms with Crippen LogP contribution < -0.4 is 4.74 Å². The Hall–Kier alpha value is -1.32. The Morgan fingerprint density at radius 2 is 1.79 bits per heavy atom. The van der Waals surface area contributed by atoms with E-state index in [2.05, 4.69) is 19.9 Å². The molecule has 3 heteroatoms. The number of aliphatic hydroxyl groups excluding tert-OH is 1. The average molecular weight is 276 g/mol. The van der Waals surface area contributed by atoms with E-state index in [0.717, 1.165) is 21.8 Å². The Balaban J connectivity index is 2.49. The lowest BCUT2D eigenvalue weighted by atomic mass is 9.99. The van der Waals surface area contributed by atoms with E-state index in [4.69, 9.17) is 4.74 Å². The molecule has 19 heavy (non-hydrogen) atoms. The summed E-state index contributed by atoms with van der Waals surface area (Å²) in [5.41, 5.74) is 4.32. The molecule has 0 saturated carbocycles. The predicted molar refractivity (Wildman–Crippen MR) is 80.3 cm³/mol. The highest BCUT2D eigenvalue weighted by molar-refractivity contribution is 7.12. The molecule has 1 unspecified atom stereocenters. The highest BCUT2D eigenvalue weighted by atomic mass is 32.1. The monoisotopic (exact) mass is 276 g/mol. The first-order chi connectivity index (χ1) is 8.95. The summed E-state index contributed by atoms with van der Waals surface area (Å²) in [7, 11) is 1.66. The van der Waals surface area contributed by atoms with Gasteiger partial charge in [0.25, 0.3) is 0 Å². The summed E-state index contributed by atoms with van der Waals surface area (Å²) in [5.74, 6) is 0.788. The van der Waals surface area contributed by atoms with Crippen LogP contribution in [0.4, 0.5) is 0 Å². The topological polar surface area (TPSA) is 29.5 Å². The summed E-state index contributed by atoms with van der Waals surface area (Å²) in [5, 5.41) is 10.6. The fraction of sp³-hybridized carbons (Fsp3) is 0.375. The Bertz CT molecular complexity index is 580. The predicted octanol–water partition coefficient (Wildman–Crippen LogP) is 4.07. The van der Waals surface area contributed by atoms with Crippen molar-refractivity contribution in [3.63, 3.8) is 0 Å². The van der Waals surface area contributed by atoms with Crippen LogP contribution in [0.15, 0.2) is 18.2 Å². The van der Waals surface area contributed by atoms with E-state index in [1.54, 1.807) is 18.4 Å². The van der Waals surface area contributed by atoms with Crippen LogP contribution in [0.2, 0.25) is 0 Å². The van der Waals surface area contributed by atoms with Crippen molar-refractivity contribution in [1.29, 1.82) is 0 Å². The highest BCUT2D eigenvalue weighted by Crippen LogP contribution is 2.37. The van der Waals surface area contributed by atoms with E-state index in [-0.39, 0.29) is 0 Å². The molecule has 1 heterocycles. The van der Waals surface area contributed by atoms with Crippen LogP contribution in [0, 0.1) is 27.7 Å². The van der Waals surface area contributed by atoms with Crippen molar-refractivity contribution < 1.29 is 9.84 Å². The average Bonchev–Trinajstić information content (AvgIpc) is 2.72. The minimum atomic E-state index is -0.619. The minimum absolute atomic E-state index is 0.619. The van der Waals surface area contributed by atoms with E-state index in [1.165, 1.54) is 16.0 Å². The smallest absolute Gasteiger partial charge is 0.128 e. The van der Waals surface area contributed by atoms with Gasteiger partial charge in [0.1, 0.15) is 11.9 Å². The minimum Gasteiger partial charge on any atom is -0.496 e. The molecule has 2 rings (SSSR count). The Labute approximate surface area is 118 Å². The number of rotatable bonds is 3. The van der Waals surface area contributed by atoms with Crippen LogP contribution in [0.3, 0.4) is 0 Å². The van der Waals surface area contributed by atoms with Gasteiger partial charge < -0.3 is 9.84 Å². The molecule has 102 valence electrons. The summed E-state index contributed by atoms with van der Waals surface area (Å²) in [6.07, 6.45) is -0.619. The van der Waals surface area contributed by atoms with Crippen LogP contribution in [0.1, 0.15) is 38.1 Å². The molecular formula is C16H20O2S. The quantitative estimate of drug-likeness (QED) is 0.915. The largest absolute Gasteiger partial charge is 0.496 e. The van der Waals surface area contributed by atoms with Crippen molar-refractivity contribution in [3.05, 3.63) is 50.2 Å². The molecule has 1 atom stereocenters. The second kappa shape index (κ2) is 5.35. The van der Waals surface area contributed by atoms with Gasteiger partial charge in [0.15, 0.2) is 0 Å². The fourth-order valence-corrected chi connectivity index (χ4v) is 3.23. The van der Waals surface area contributed by atoms with Crippen LogP contribution >= 0.6 is 11.3 Å². The second-order valence-electron chi connectivity index (χ2n) is 4.92. The van der Waals surface area contributed by atoms with Crippen LogP contribution in [-0.4, -0.2) is 12.2 Å². The van der Waals surface area contributed by atoms with Gasteiger partial charge in [-0.1, -0.05) is 12.1 Å². The summed E-state index contributed by atoms with van der Waals surface area (Å²) in [6.45, 7) is 8.22. The number of aryl methyl sites for hydroxylation is 3. The van der Waals surface area contributed by atoms with Gasteiger partial charge in [-0.25, -0.2) is 0 Å². The first kappa shape index (κ1) is 14.1. The molecule has 1 aromatic carbocycles. The van der Waals surface area contributed by atoms with Crippen molar-refractivity contribution in [3.8, 4) is 5.75 Å². The van der Waals surface area contributed by atoms with E-state index >= 15 is 0 Å². The molecule has 0 aliphatic heterocycles. The molecule has 0 aliphatic carbocycles. The lowest BCUT2D eigenvalue weighted by Crippen LogP contribution is -2.03. The van der Waals surface area contributed by atoms with Crippen molar-refractivity contribution in [2.45, 2.75) is 33.8 Å².